The van der Waals surface area contributed by atoms with Crippen molar-refractivity contribution in [2.24, 2.45) is 12.8 Å². The Labute approximate surface area is 108 Å². The van der Waals surface area contributed by atoms with Crippen molar-refractivity contribution in [1.82, 2.24) is 20.2 Å². The van der Waals surface area contributed by atoms with Crippen molar-refractivity contribution in [3.63, 3.8) is 0 Å². The van der Waals surface area contributed by atoms with E-state index in [1.54, 1.807) is 11.7 Å². The molecule has 1 aromatic carbocycles. The topological polar surface area (TPSA) is 69.6 Å². The van der Waals surface area contributed by atoms with Gasteiger partial charge in [-0.05, 0) is 28.1 Å². The number of halogens is 1. The molecule has 0 aliphatic carbocycles. The highest BCUT2D eigenvalue weighted by Crippen LogP contribution is 2.33. The maximum atomic E-state index is 5.96. The first-order chi connectivity index (χ1) is 8.20. The molecule has 5 nitrogen and oxygen atoms in total. The van der Waals surface area contributed by atoms with Crippen LogP contribution in [0.25, 0.3) is 0 Å². The minimum absolute atomic E-state index is 0.0957. The second-order valence-corrected chi connectivity index (χ2v) is 5.09. The molecule has 0 radical (unpaired) electrons. The van der Waals surface area contributed by atoms with Crippen molar-refractivity contribution in [1.29, 1.82) is 0 Å². The first-order valence-corrected chi connectivity index (χ1v) is 6.31. The standard InChI is InChI=1S/C10H12ClN5S/c1-16-10(13-14-15-16)17-9(6-12)7-3-2-4-8(11)5-7/h2-5,9H,6,12H2,1H3. The van der Waals surface area contributed by atoms with Crippen molar-refractivity contribution in [3.05, 3.63) is 34.9 Å². The number of nitrogens with two attached hydrogens (primary N) is 1. The van der Waals surface area contributed by atoms with E-state index in [0.29, 0.717) is 11.6 Å². The van der Waals surface area contributed by atoms with Crippen molar-refractivity contribution < 1.29 is 0 Å². The Morgan fingerprint density at radius 2 is 2.35 bits per heavy atom. The molecule has 2 rings (SSSR count). The van der Waals surface area contributed by atoms with Gasteiger partial charge in [0.1, 0.15) is 0 Å². The molecule has 1 heterocycles. The van der Waals surface area contributed by atoms with Crippen LogP contribution in [0.4, 0.5) is 0 Å². The highest BCUT2D eigenvalue weighted by Gasteiger charge is 2.15. The van der Waals surface area contributed by atoms with Gasteiger partial charge in [-0.25, -0.2) is 4.68 Å². The Hall–Kier alpha value is -1.11. The molecule has 1 aromatic heterocycles. The van der Waals surface area contributed by atoms with Crippen molar-refractivity contribution in [3.8, 4) is 0 Å². The van der Waals surface area contributed by atoms with E-state index in [2.05, 4.69) is 15.5 Å². The van der Waals surface area contributed by atoms with Gasteiger partial charge in [0.15, 0.2) is 0 Å². The van der Waals surface area contributed by atoms with Crippen LogP contribution in [-0.4, -0.2) is 26.8 Å². The molecule has 17 heavy (non-hydrogen) atoms. The lowest BCUT2D eigenvalue weighted by atomic mass is 10.1. The van der Waals surface area contributed by atoms with Crippen LogP contribution in [-0.2, 0) is 7.05 Å². The molecular weight excluding hydrogens is 258 g/mol. The van der Waals surface area contributed by atoms with Gasteiger partial charge in [-0.3, -0.25) is 0 Å². The zero-order chi connectivity index (χ0) is 12.3. The molecule has 2 aromatic rings. The zero-order valence-electron chi connectivity index (χ0n) is 9.25. The monoisotopic (exact) mass is 269 g/mol. The predicted molar refractivity (Wildman–Crippen MR) is 67.9 cm³/mol. The average molecular weight is 270 g/mol. The number of rotatable bonds is 4. The van der Waals surface area contributed by atoms with Crippen LogP contribution in [0, 0.1) is 0 Å². The molecule has 1 atom stereocenters. The maximum Gasteiger partial charge on any atom is 0.209 e. The Balaban J connectivity index is 2.20. The SMILES string of the molecule is Cn1nnnc1SC(CN)c1cccc(Cl)c1. The van der Waals surface area contributed by atoms with Gasteiger partial charge in [-0.1, -0.05) is 35.5 Å². The summed E-state index contributed by atoms with van der Waals surface area (Å²) in [5.41, 5.74) is 6.86. The quantitative estimate of drug-likeness (QED) is 0.855. The summed E-state index contributed by atoms with van der Waals surface area (Å²) < 4.78 is 1.62. The summed E-state index contributed by atoms with van der Waals surface area (Å²) in [6.45, 7) is 0.498. The summed E-state index contributed by atoms with van der Waals surface area (Å²) in [7, 11) is 1.80. The third kappa shape index (κ3) is 2.96. The second kappa shape index (κ2) is 5.48. The van der Waals surface area contributed by atoms with E-state index >= 15 is 0 Å². The molecule has 0 amide bonds. The Bertz CT molecular complexity index is 501. The summed E-state index contributed by atoms with van der Waals surface area (Å²) in [5, 5.41) is 12.8. The smallest absolute Gasteiger partial charge is 0.209 e. The van der Waals surface area contributed by atoms with Crippen LogP contribution in [0.5, 0.6) is 0 Å². The van der Waals surface area contributed by atoms with E-state index < -0.39 is 0 Å². The van der Waals surface area contributed by atoms with Crippen LogP contribution < -0.4 is 5.73 Å². The van der Waals surface area contributed by atoms with Gasteiger partial charge in [0, 0.05) is 23.9 Å². The number of benzene rings is 1. The Kier molecular flexibility index (Phi) is 3.98. The first-order valence-electron chi connectivity index (χ1n) is 5.05. The number of hydrogen-bond acceptors (Lipinski definition) is 5. The molecule has 0 spiro atoms. The summed E-state index contributed by atoms with van der Waals surface area (Å²) in [6.07, 6.45) is 0. The fourth-order valence-corrected chi connectivity index (χ4v) is 2.51. The number of hydrogen-bond donors (Lipinski definition) is 1. The van der Waals surface area contributed by atoms with Gasteiger partial charge in [-0.2, -0.15) is 0 Å². The summed E-state index contributed by atoms with van der Waals surface area (Å²) in [6, 6.07) is 7.67. The third-order valence-corrected chi connectivity index (χ3v) is 3.80. The molecule has 0 aliphatic rings. The number of nitrogens with zero attached hydrogens (tertiary/aromatic N) is 4. The van der Waals surface area contributed by atoms with E-state index in [1.165, 1.54) is 11.8 Å². The molecule has 0 bridgehead atoms. The fourth-order valence-electron chi connectivity index (χ4n) is 1.41. The fraction of sp³-hybridized carbons (Fsp3) is 0.300. The summed E-state index contributed by atoms with van der Waals surface area (Å²) >= 11 is 7.49. The minimum atomic E-state index is 0.0957. The van der Waals surface area contributed by atoms with Crippen LogP contribution in [0.1, 0.15) is 10.8 Å². The maximum absolute atomic E-state index is 5.96. The molecular formula is C10H12ClN5S. The molecule has 2 N–H and O–H groups in total. The van der Waals surface area contributed by atoms with Gasteiger partial charge in [-0.15, -0.1) is 5.10 Å². The van der Waals surface area contributed by atoms with Gasteiger partial charge < -0.3 is 5.73 Å². The second-order valence-electron chi connectivity index (χ2n) is 3.48. The normalized spacial score (nSPS) is 12.6. The number of aromatic nitrogens is 4. The van der Waals surface area contributed by atoms with E-state index in [9.17, 15) is 0 Å². The molecule has 0 saturated carbocycles. The van der Waals surface area contributed by atoms with Crippen molar-refractivity contribution in [2.75, 3.05) is 6.54 Å². The summed E-state index contributed by atoms with van der Waals surface area (Å²) in [4.78, 5) is 0. The number of thioether (sulfide) groups is 1. The van der Waals surface area contributed by atoms with Gasteiger partial charge in [0.05, 0.1) is 0 Å². The average Bonchev–Trinajstić information content (AvgIpc) is 2.71. The van der Waals surface area contributed by atoms with E-state index in [1.807, 2.05) is 24.3 Å². The number of aryl methyl sites for hydroxylation is 1. The lowest BCUT2D eigenvalue weighted by Gasteiger charge is -2.13. The molecule has 90 valence electrons. The number of tetrazole rings is 1. The van der Waals surface area contributed by atoms with Gasteiger partial charge >= 0.3 is 0 Å². The molecule has 0 fully saturated rings. The highest BCUT2D eigenvalue weighted by molar-refractivity contribution is 7.99. The van der Waals surface area contributed by atoms with E-state index in [-0.39, 0.29) is 5.25 Å². The minimum Gasteiger partial charge on any atom is -0.329 e. The largest absolute Gasteiger partial charge is 0.329 e. The zero-order valence-corrected chi connectivity index (χ0v) is 10.8. The van der Waals surface area contributed by atoms with Crippen LogP contribution >= 0.6 is 23.4 Å². The third-order valence-electron chi connectivity index (χ3n) is 2.26. The van der Waals surface area contributed by atoms with E-state index in [0.717, 1.165) is 10.7 Å². The molecule has 1 unspecified atom stereocenters. The lowest BCUT2D eigenvalue weighted by Crippen LogP contribution is -2.10. The Morgan fingerprint density at radius 1 is 1.53 bits per heavy atom. The van der Waals surface area contributed by atoms with Gasteiger partial charge in [0.2, 0.25) is 5.16 Å². The van der Waals surface area contributed by atoms with Gasteiger partial charge in [0.25, 0.3) is 0 Å². The molecule has 0 saturated heterocycles. The van der Waals surface area contributed by atoms with Crippen LogP contribution in [0.2, 0.25) is 5.02 Å². The molecule has 0 aliphatic heterocycles. The van der Waals surface area contributed by atoms with Crippen molar-refractivity contribution >= 4 is 23.4 Å². The highest BCUT2D eigenvalue weighted by atomic mass is 35.5. The van der Waals surface area contributed by atoms with Crippen LogP contribution in [0.15, 0.2) is 29.4 Å². The van der Waals surface area contributed by atoms with Crippen LogP contribution in [0.3, 0.4) is 0 Å². The Morgan fingerprint density at radius 3 is 2.94 bits per heavy atom. The van der Waals surface area contributed by atoms with E-state index in [4.69, 9.17) is 17.3 Å². The van der Waals surface area contributed by atoms with Crippen molar-refractivity contribution in [2.45, 2.75) is 10.4 Å². The molecule has 7 heteroatoms. The first kappa shape index (κ1) is 12.3. The summed E-state index contributed by atoms with van der Waals surface area (Å²) in [5.74, 6) is 0. The predicted octanol–water partition coefficient (Wildman–Crippen LogP) is 1.66. The lowest BCUT2D eigenvalue weighted by molar-refractivity contribution is 0.663.